The monoisotopic (exact) mass is 884 g/mol. The molecule has 264 valence electrons. The molecule has 2 aliphatic heterocycles. The van der Waals surface area contributed by atoms with Crippen molar-refractivity contribution in [3.05, 3.63) is 6.65 Å². The van der Waals surface area contributed by atoms with Crippen molar-refractivity contribution in [2.45, 2.75) is 85.0 Å². The third-order valence-electron chi connectivity index (χ3n) is 2.78. The molecule has 2 rings (SSSR count). The SMILES string of the molecule is CC(C)(O)C(Cl)(Cl)Cl.CC(C)=O.CC1(C)OC1(Cl)Cl.CC1(C)OC1(Cl)Cl.ClCCl.ClCCl.O.[C-]#[O+].[Cl-].[Cl-].[Cl-].[OH-].[OH-].[OH-]. The van der Waals surface area contributed by atoms with Gasteiger partial charge in [-0.25, -0.2) is 0 Å². The number of rotatable bonds is 0. The number of halogens is 14. The topological polar surface area (TPSA) is 204 Å². The third kappa shape index (κ3) is 50.2. The second kappa shape index (κ2) is 36.0. The molecule has 2 fully saturated rings. The van der Waals surface area contributed by atoms with Crippen LogP contribution < -0.4 is 37.2 Å². The van der Waals surface area contributed by atoms with E-state index in [9.17, 15) is 4.79 Å². The van der Waals surface area contributed by atoms with Crippen molar-refractivity contribution >= 4 is 133 Å². The fourth-order valence-corrected chi connectivity index (χ4v) is 1.36. The van der Waals surface area contributed by atoms with E-state index in [1.165, 1.54) is 27.7 Å². The summed E-state index contributed by atoms with van der Waals surface area (Å²) < 4.78 is 13.7. The van der Waals surface area contributed by atoms with Crippen LogP contribution in [0.15, 0.2) is 0 Å². The van der Waals surface area contributed by atoms with Crippen LogP contribution in [0, 0.1) is 6.65 Å². The average Bonchev–Trinajstić information content (AvgIpc) is 3.23. The quantitative estimate of drug-likeness (QED) is 0.140. The predicted octanol–water partition coefficient (Wildman–Crippen LogP) is -0.962. The fourth-order valence-electron chi connectivity index (χ4n) is 0.590. The standard InChI is InChI=1S/C4H7Cl3O.2C4H6Cl2O.C3H6O.2CH2Cl2.CO.3ClH.4H2O/c1-3(2,8)4(5,6)7;2*1-3(2)4(5,6)7-3;1-3(2)4;2*2-1-3;1-2;;;;;;;/h8H,1-2H3;2*1-2H3;1-2H3;2*1H2;;3*1H;4*1H2/p-6. The van der Waals surface area contributed by atoms with Crippen molar-refractivity contribution in [2.75, 3.05) is 10.7 Å². The summed E-state index contributed by atoms with van der Waals surface area (Å²) >= 11 is 56.8. The fraction of sp³-hybridized carbons (Fsp3) is 0.889. The molecule has 0 spiro atoms. The summed E-state index contributed by atoms with van der Waals surface area (Å²) in [7, 11) is 0. The van der Waals surface area contributed by atoms with E-state index in [-0.39, 0.29) is 86.8 Å². The number of aliphatic hydroxyl groups is 1. The molecule has 9 nitrogen and oxygen atoms in total. The summed E-state index contributed by atoms with van der Waals surface area (Å²) in [6, 6.07) is 0. The zero-order valence-corrected chi connectivity index (χ0v) is 33.2. The Kier molecular flexibility index (Phi) is 69.9. The van der Waals surface area contributed by atoms with Gasteiger partial charge in [-0.1, -0.05) is 81.2 Å². The van der Waals surface area contributed by atoms with E-state index in [0.29, 0.717) is 0 Å². The minimum Gasteiger partial charge on any atom is -1.00 e. The Morgan fingerprint density at radius 2 is 0.780 bits per heavy atom. The molecule has 0 amide bonds. The number of ketones is 1. The van der Waals surface area contributed by atoms with Gasteiger partial charge >= 0.3 is 11.3 Å². The van der Waals surface area contributed by atoms with Gasteiger partial charge in [-0.15, -0.1) is 46.4 Å². The van der Waals surface area contributed by atoms with Crippen molar-refractivity contribution < 1.29 is 83.2 Å². The Morgan fingerprint density at radius 3 is 0.780 bits per heavy atom. The summed E-state index contributed by atoms with van der Waals surface area (Å²) in [6.07, 6.45) is 0. The molecule has 41 heavy (non-hydrogen) atoms. The molecule has 2 saturated heterocycles. The number of alkyl halides is 11. The maximum Gasteiger partial charge on any atom is -0.870 e. The number of carbonyl (C=O) groups excluding carboxylic acids is 1. The Bertz CT molecular complexity index is 501. The van der Waals surface area contributed by atoms with Crippen LogP contribution in [-0.2, 0) is 18.9 Å². The van der Waals surface area contributed by atoms with Gasteiger partial charge < -0.3 is 78.5 Å². The molecule has 0 bridgehead atoms. The van der Waals surface area contributed by atoms with Crippen molar-refractivity contribution in [1.29, 1.82) is 0 Å². The van der Waals surface area contributed by atoms with Gasteiger partial charge in [0.25, 0.3) is 0 Å². The van der Waals surface area contributed by atoms with E-state index >= 15 is 0 Å². The zero-order valence-electron chi connectivity index (χ0n) is 22.6. The second-order valence-electron chi connectivity index (χ2n) is 7.43. The summed E-state index contributed by atoms with van der Waals surface area (Å²) in [5.74, 6) is 0.167. The predicted molar refractivity (Wildman–Crippen MR) is 159 cm³/mol. The Morgan fingerprint density at radius 1 is 0.732 bits per heavy atom. The van der Waals surface area contributed by atoms with Gasteiger partial charge in [-0.05, 0) is 55.4 Å². The first-order chi connectivity index (χ1) is 14.7. The van der Waals surface area contributed by atoms with Gasteiger partial charge in [0, 0.05) is 0 Å². The largest absolute Gasteiger partial charge is 1.00 e. The van der Waals surface area contributed by atoms with Crippen LogP contribution >= 0.6 is 128 Å². The van der Waals surface area contributed by atoms with E-state index in [4.69, 9.17) is 147 Å². The van der Waals surface area contributed by atoms with Gasteiger partial charge in [-0.3, -0.25) is 0 Å². The number of ether oxygens (including phenoxy) is 2. The van der Waals surface area contributed by atoms with Gasteiger partial charge in [0.15, 0.2) is 0 Å². The van der Waals surface area contributed by atoms with E-state index in [1.807, 2.05) is 27.7 Å². The van der Waals surface area contributed by atoms with Gasteiger partial charge in [0.05, 0.1) is 10.7 Å². The van der Waals surface area contributed by atoms with Crippen LogP contribution in [0.2, 0.25) is 0 Å². The molecule has 0 aromatic heterocycles. The number of Topliss-reactive ketones (excluding diaryl/α,β-unsaturated/α-hetero) is 1. The van der Waals surface area contributed by atoms with Crippen molar-refractivity contribution in [3.63, 3.8) is 0 Å². The average molecular weight is 891 g/mol. The minimum atomic E-state index is -1.59. The Balaban J connectivity index is -0.0000000242. The maximum absolute atomic E-state index is 9.44. The first kappa shape index (κ1) is 79.6. The van der Waals surface area contributed by atoms with Crippen molar-refractivity contribution in [2.24, 2.45) is 0 Å². The molecule has 2 heterocycles. The molecule has 6 N–H and O–H groups in total. The molecule has 0 radical (unpaired) electrons. The van der Waals surface area contributed by atoms with Crippen LogP contribution in [0.25, 0.3) is 0 Å². The number of carbonyl (C=O) groups is 1. The van der Waals surface area contributed by atoms with Gasteiger partial charge in [-0.2, -0.15) is 0 Å². The molecule has 0 saturated carbocycles. The van der Waals surface area contributed by atoms with Crippen molar-refractivity contribution in [3.8, 4) is 0 Å². The molecule has 2 aliphatic rings. The smallest absolute Gasteiger partial charge is 0.870 e. The zero-order chi connectivity index (χ0) is 29.4. The van der Waals surface area contributed by atoms with Crippen LogP contribution in [-0.4, -0.2) is 73.1 Å². The number of hydrogen-bond acceptors (Lipinski definition) is 7. The summed E-state index contributed by atoms with van der Waals surface area (Å²) in [5.41, 5.74) is -1.91. The van der Waals surface area contributed by atoms with Crippen molar-refractivity contribution in [1.82, 2.24) is 0 Å². The van der Waals surface area contributed by atoms with Crippen LogP contribution in [0.3, 0.4) is 0 Å². The molecule has 0 atom stereocenters. The Hall–Kier alpha value is 3.19. The van der Waals surface area contributed by atoms with Crippen LogP contribution in [0.5, 0.6) is 0 Å². The molecule has 0 aromatic rings. The molecule has 0 aliphatic carbocycles. The normalized spacial score (nSPS) is 15.5. The van der Waals surface area contributed by atoms with E-state index in [2.05, 4.69) is 6.65 Å². The van der Waals surface area contributed by atoms with E-state index < -0.39 is 18.4 Å². The molecule has 0 aromatic carbocycles. The van der Waals surface area contributed by atoms with Crippen LogP contribution in [0.4, 0.5) is 0 Å². The first-order valence-electron chi connectivity index (χ1n) is 8.59. The molecular weight excluding hydrogens is 857 g/mol. The molecular formula is C18H34Cl14O9-6. The minimum absolute atomic E-state index is 0. The third-order valence-corrected chi connectivity index (χ3v) is 6.30. The summed E-state index contributed by atoms with van der Waals surface area (Å²) in [5, 5.41) is 9.35. The van der Waals surface area contributed by atoms with Gasteiger partial charge in [0.2, 0.25) is 12.8 Å². The molecule has 23 heteroatoms. The second-order valence-corrected chi connectivity index (χ2v) is 13.8. The van der Waals surface area contributed by atoms with E-state index in [0.717, 1.165) is 0 Å². The number of epoxide rings is 2. The van der Waals surface area contributed by atoms with Crippen LogP contribution in [0.1, 0.15) is 55.4 Å². The summed E-state index contributed by atoms with van der Waals surface area (Å²) in [6.45, 7) is 17.8. The first-order valence-corrected chi connectivity index (χ1v) is 13.4. The van der Waals surface area contributed by atoms with E-state index in [1.54, 1.807) is 0 Å². The molecule has 0 unspecified atom stereocenters. The summed E-state index contributed by atoms with van der Waals surface area (Å²) in [4.78, 5) is 9.44. The maximum atomic E-state index is 9.44. The Labute approximate surface area is 316 Å². The number of hydrogen-bond donors (Lipinski definition) is 1. The van der Waals surface area contributed by atoms with Gasteiger partial charge in [0.1, 0.15) is 22.6 Å².